The van der Waals surface area contributed by atoms with Crippen LogP contribution in [0.15, 0.2) is 18.2 Å². The van der Waals surface area contributed by atoms with Crippen LogP contribution in [-0.4, -0.2) is 55.7 Å². The first-order valence-corrected chi connectivity index (χ1v) is 7.24. The molecule has 0 aromatic heterocycles. The molecule has 0 aliphatic heterocycles. The Balaban J connectivity index is 0.00000529. The van der Waals surface area contributed by atoms with Gasteiger partial charge in [0.15, 0.2) is 0 Å². The third kappa shape index (κ3) is 5.90. The van der Waals surface area contributed by atoms with Crippen LogP contribution in [0.3, 0.4) is 0 Å². The second-order valence-electron chi connectivity index (χ2n) is 5.33. The maximum Gasteiger partial charge on any atom is 0.320 e. The normalized spacial score (nSPS) is 12.8. The van der Waals surface area contributed by atoms with E-state index < -0.39 is 12.0 Å². The molecule has 0 spiro atoms. The minimum Gasteiger partial charge on any atom is -0.497 e. The molecule has 1 amide bonds. The summed E-state index contributed by atoms with van der Waals surface area (Å²) in [6.45, 7) is 3.35. The van der Waals surface area contributed by atoms with Crippen molar-refractivity contribution < 1.29 is 24.2 Å². The Kier molecular flexibility index (Phi) is 9.17. The molecule has 0 bridgehead atoms. The summed E-state index contributed by atoms with van der Waals surface area (Å²) in [5, 5.41) is 11.8. The Bertz CT molecular complexity index is 567. The van der Waals surface area contributed by atoms with Gasteiger partial charge in [-0.3, -0.25) is 14.5 Å². The quantitative estimate of drug-likeness (QED) is 0.733. The lowest BCUT2D eigenvalue weighted by Gasteiger charge is -2.23. The average molecular weight is 361 g/mol. The topological polar surface area (TPSA) is 88.1 Å². The molecule has 2 atom stereocenters. The fourth-order valence-corrected chi connectivity index (χ4v) is 2.09. The van der Waals surface area contributed by atoms with Crippen LogP contribution in [0.4, 0.5) is 0 Å². The lowest BCUT2D eigenvalue weighted by Crippen LogP contribution is -2.43. The monoisotopic (exact) mass is 360 g/mol. The van der Waals surface area contributed by atoms with Crippen LogP contribution < -0.4 is 14.8 Å². The van der Waals surface area contributed by atoms with Crippen LogP contribution in [0.2, 0.25) is 0 Å². The van der Waals surface area contributed by atoms with E-state index in [0.29, 0.717) is 11.5 Å². The summed E-state index contributed by atoms with van der Waals surface area (Å²) in [6.07, 6.45) is 0. The number of methoxy groups -OCH3 is 2. The molecule has 0 saturated heterocycles. The number of benzene rings is 1. The van der Waals surface area contributed by atoms with E-state index in [1.54, 1.807) is 39.5 Å². The van der Waals surface area contributed by atoms with Gasteiger partial charge in [0.1, 0.15) is 17.5 Å². The first-order chi connectivity index (χ1) is 10.8. The lowest BCUT2D eigenvalue weighted by atomic mass is 10.1. The van der Waals surface area contributed by atoms with Crippen LogP contribution in [0.25, 0.3) is 0 Å². The SMILES string of the molecule is COc1ccc(OC)c(C(C)NC(=O)CN(C)C(C)C(=O)O)c1.Cl. The van der Waals surface area contributed by atoms with Gasteiger partial charge in [-0.15, -0.1) is 12.4 Å². The van der Waals surface area contributed by atoms with Crippen LogP contribution >= 0.6 is 12.4 Å². The number of aliphatic carboxylic acids is 1. The van der Waals surface area contributed by atoms with Gasteiger partial charge in [0, 0.05) is 5.56 Å². The highest BCUT2D eigenvalue weighted by Crippen LogP contribution is 2.29. The van der Waals surface area contributed by atoms with Gasteiger partial charge in [0.2, 0.25) is 5.91 Å². The van der Waals surface area contributed by atoms with Gasteiger partial charge < -0.3 is 19.9 Å². The molecule has 2 unspecified atom stereocenters. The summed E-state index contributed by atoms with van der Waals surface area (Å²) in [5.74, 6) is 0.0742. The van der Waals surface area contributed by atoms with Gasteiger partial charge in [0.05, 0.1) is 26.8 Å². The summed E-state index contributed by atoms with van der Waals surface area (Å²) in [7, 11) is 4.72. The van der Waals surface area contributed by atoms with Crippen LogP contribution in [-0.2, 0) is 9.59 Å². The summed E-state index contributed by atoms with van der Waals surface area (Å²) < 4.78 is 10.5. The molecular weight excluding hydrogens is 336 g/mol. The third-order valence-corrected chi connectivity index (χ3v) is 3.69. The zero-order chi connectivity index (χ0) is 17.6. The highest BCUT2D eigenvalue weighted by atomic mass is 35.5. The zero-order valence-corrected chi connectivity index (χ0v) is 15.3. The van der Waals surface area contributed by atoms with Crippen molar-refractivity contribution in [2.75, 3.05) is 27.8 Å². The van der Waals surface area contributed by atoms with Gasteiger partial charge in [0.25, 0.3) is 0 Å². The van der Waals surface area contributed by atoms with Crippen molar-refractivity contribution in [3.8, 4) is 11.5 Å². The van der Waals surface area contributed by atoms with Crippen molar-refractivity contribution in [1.82, 2.24) is 10.2 Å². The van der Waals surface area contributed by atoms with Gasteiger partial charge in [-0.1, -0.05) is 0 Å². The highest BCUT2D eigenvalue weighted by molar-refractivity contribution is 5.85. The van der Waals surface area contributed by atoms with E-state index in [9.17, 15) is 9.59 Å². The molecule has 136 valence electrons. The summed E-state index contributed by atoms with van der Waals surface area (Å²) >= 11 is 0. The molecular formula is C16H25ClN2O5. The Morgan fingerprint density at radius 1 is 1.25 bits per heavy atom. The van der Waals surface area contributed by atoms with Crippen molar-refractivity contribution in [2.24, 2.45) is 0 Å². The Morgan fingerprint density at radius 3 is 2.38 bits per heavy atom. The van der Waals surface area contributed by atoms with Gasteiger partial charge in [-0.2, -0.15) is 0 Å². The Morgan fingerprint density at radius 2 is 1.88 bits per heavy atom. The van der Waals surface area contributed by atoms with Crippen molar-refractivity contribution in [1.29, 1.82) is 0 Å². The molecule has 2 N–H and O–H groups in total. The van der Waals surface area contributed by atoms with E-state index in [4.69, 9.17) is 14.6 Å². The van der Waals surface area contributed by atoms with Crippen molar-refractivity contribution in [2.45, 2.75) is 25.9 Å². The predicted octanol–water partition coefficient (Wildman–Crippen LogP) is 1.71. The number of rotatable bonds is 8. The highest BCUT2D eigenvalue weighted by Gasteiger charge is 2.21. The molecule has 0 aliphatic carbocycles. The van der Waals surface area contributed by atoms with E-state index >= 15 is 0 Å². The summed E-state index contributed by atoms with van der Waals surface area (Å²) in [6, 6.07) is 4.31. The number of carbonyl (C=O) groups is 2. The number of nitrogens with one attached hydrogen (secondary N) is 1. The van der Waals surface area contributed by atoms with Crippen molar-refractivity contribution in [3.05, 3.63) is 23.8 Å². The molecule has 1 rings (SSSR count). The second-order valence-corrected chi connectivity index (χ2v) is 5.33. The van der Waals surface area contributed by atoms with Crippen LogP contribution in [0.5, 0.6) is 11.5 Å². The fourth-order valence-electron chi connectivity index (χ4n) is 2.09. The number of ether oxygens (including phenoxy) is 2. The van der Waals surface area contributed by atoms with Gasteiger partial charge in [-0.25, -0.2) is 0 Å². The summed E-state index contributed by atoms with van der Waals surface area (Å²) in [5.41, 5.74) is 0.786. The van der Waals surface area contributed by atoms with Gasteiger partial charge in [-0.05, 0) is 39.1 Å². The molecule has 0 radical (unpaired) electrons. The molecule has 0 fully saturated rings. The number of amides is 1. The number of hydrogen-bond donors (Lipinski definition) is 2. The third-order valence-electron chi connectivity index (χ3n) is 3.69. The molecule has 1 aromatic rings. The predicted molar refractivity (Wildman–Crippen MR) is 93.1 cm³/mol. The van der Waals surface area contributed by atoms with Crippen molar-refractivity contribution in [3.63, 3.8) is 0 Å². The molecule has 8 heteroatoms. The Hall–Kier alpha value is -1.99. The second kappa shape index (κ2) is 10.00. The zero-order valence-electron chi connectivity index (χ0n) is 14.5. The number of carboxylic acid groups (broad SMARTS) is 1. The summed E-state index contributed by atoms with van der Waals surface area (Å²) in [4.78, 5) is 24.5. The van der Waals surface area contributed by atoms with E-state index in [2.05, 4.69) is 5.32 Å². The minimum absolute atomic E-state index is 0. The molecule has 0 heterocycles. The first kappa shape index (κ1) is 22.0. The number of hydrogen-bond acceptors (Lipinski definition) is 5. The smallest absolute Gasteiger partial charge is 0.320 e. The minimum atomic E-state index is -0.970. The van der Waals surface area contributed by atoms with E-state index in [-0.39, 0.29) is 30.9 Å². The number of nitrogens with zero attached hydrogens (tertiary/aromatic N) is 1. The maximum atomic E-state index is 12.1. The fraction of sp³-hybridized carbons (Fsp3) is 0.500. The van der Waals surface area contributed by atoms with E-state index in [1.807, 2.05) is 6.92 Å². The Labute approximate surface area is 148 Å². The number of carboxylic acids is 1. The van der Waals surface area contributed by atoms with Crippen LogP contribution in [0, 0.1) is 0 Å². The molecule has 1 aromatic carbocycles. The maximum absolute atomic E-state index is 12.1. The van der Waals surface area contributed by atoms with Crippen molar-refractivity contribution >= 4 is 24.3 Å². The molecule has 24 heavy (non-hydrogen) atoms. The average Bonchev–Trinajstić information content (AvgIpc) is 2.52. The molecule has 7 nitrogen and oxygen atoms in total. The van der Waals surface area contributed by atoms with Crippen LogP contribution in [0.1, 0.15) is 25.5 Å². The molecule has 0 saturated carbocycles. The van der Waals surface area contributed by atoms with E-state index in [1.165, 1.54) is 11.8 Å². The van der Waals surface area contributed by atoms with Gasteiger partial charge >= 0.3 is 5.97 Å². The number of likely N-dealkylation sites (N-methyl/N-ethyl adjacent to an activating group) is 1. The number of halogens is 1. The number of carbonyl (C=O) groups excluding carboxylic acids is 1. The first-order valence-electron chi connectivity index (χ1n) is 7.24. The van der Waals surface area contributed by atoms with E-state index in [0.717, 1.165) is 5.56 Å². The standard InChI is InChI=1S/C16H24N2O5.ClH/c1-10(13-8-12(22-4)6-7-14(13)23-5)17-15(19)9-18(3)11(2)16(20)21;/h6-8,10-11H,9H2,1-5H3,(H,17,19)(H,20,21);1H. The largest absolute Gasteiger partial charge is 0.497 e. The lowest BCUT2D eigenvalue weighted by molar-refractivity contribution is -0.142. The molecule has 0 aliphatic rings.